The van der Waals surface area contributed by atoms with Crippen molar-refractivity contribution in [3.05, 3.63) is 71.8 Å². The van der Waals surface area contributed by atoms with Crippen LogP contribution in [-0.4, -0.2) is 36.5 Å². The quantitative estimate of drug-likeness (QED) is 0.600. The van der Waals surface area contributed by atoms with Gasteiger partial charge in [0.1, 0.15) is 0 Å². The van der Waals surface area contributed by atoms with Crippen molar-refractivity contribution >= 4 is 32.2 Å². The van der Waals surface area contributed by atoms with E-state index in [2.05, 4.69) is 70.7 Å². The van der Waals surface area contributed by atoms with Crippen LogP contribution in [0.3, 0.4) is 0 Å². The standard InChI is InChI=1S/C17H16N2SSe/c20-15-11-12-18-16(13-7-3-1-4-8-13)21-17(19(15)18)14-9-5-2-6-10-14/h1-10,16-17H,11-12H2/t16-,17-/m1/s1. The number of hydrogen-bond donors (Lipinski definition) is 0. The molecular formula is C17H16N2SSe. The van der Waals surface area contributed by atoms with Gasteiger partial charge >= 0.3 is 137 Å². The van der Waals surface area contributed by atoms with E-state index in [1.54, 1.807) is 0 Å². The van der Waals surface area contributed by atoms with Crippen LogP contribution in [0.4, 0.5) is 0 Å². The van der Waals surface area contributed by atoms with Crippen molar-refractivity contribution in [2.75, 3.05) is 6.54 Å². The molecule has 2 aliphatic rings. The molecule has 2 fully saturated rings. The van der Waals surface area contributed by atoms with Crippen LogP contribution in [0.15, 0.2) is 60.7 Å². The summed E-state index contributed by atoms with van der Waals surface area (Å²) in [6.45, 7) is 1.06. The van der Waals surface area contributed by atoms with Crippen molar-refractivity contribution in [1.29, 1.82) is 0 Å². The molecule has 2 aliphatic heterocycles. The maximum absolute atomic E-state index is 5.63. The zero-order chi connectivity index (χ0) is 14.2. The van der Waals surface area contributed by atoms with Crippen LogP contribution >= 0.6 is 12.2 Å². The van der Waals surface area contributed by atoms with E-state index >= 15 is 0 Å². The number of fused-ring (bicyclic) bond motifs is 1. The SMILES string of the molecule is S=C1CCN2[C@@H](c3ccccc3)[Se][C@H](c3ccccc3)N12. The molecule has 0 aromatic heterocycles. The third-order valence-electron chi connectivity index (χ3n) is 4.01. The molecule has 2 atom stereocenters. The maximum atomic E-state index is 5.63. The molecule has 0 amide bonds. The number of benzene rings is 2. The Kier molecular flexibility index (Phi) is 3.56. The molecule has 2 nitrogen and oxygen atoms in total. The van der Waals surface area contributed by atoms with Crippen LogP contribution in [0.2, 0.25) is 0 Å². The van der Waals surface area contributed by atoms with E-state index in [0.29, 0.717) is 24.8 Å². The van der Waals surface area contributed by atoms with Crippen molar-refractivity contribution in [2.24, 2.45) is 0 Å². The van der Waals surface area contributed by atoms with Crippen LogP contribution in [0.5, 0.6) is 0 Å². The monoisotopic (exact) mass is 360 g/mol. The topological polar surface area (TPSA) is 6.48 Å². The summed E-state index contributed by atoms with van der Waals surface area (Å²) in [6.07, 6.45) is 1.01. The van der Waals surface area contributed by atoms with E-state index in [9.17, 15) is 0 Å². The van der Waals surface area contributed by atoms with E-state index in [0.717, 1.165) is 18.0 Å². The van der Waals surface area contributed by atoms with Crippen LogP contribution in [0.25, 0.3) is 0 Å². The Hall–Kier alpha value is -1.19. The first-order chi connectivity index (χ1) is 10.3. The van der Waals surface area contributed by atoms with Gasteiger partial charge < -0.3 is 0 Å². The van der Waals surface area contributed by atoms with Crippen LogP contribution in [0, 0.1) is 0 Å². The van der Waals surface area contributed by atoms with Crippen LogP contribution in [0.1, 0.15) is 27.4 Å². The summed E-state index contributed by atoms with van der Waals surface area (Å²) >= 11 is 6.08. The van der Waals surface area contributed by atoms with Crippen LogP contribution in [-0.2, 0) is 0 Å². The van der Waals surface area contributed by atoms with Gasteiger partial charge in [-0.05, 0) is 0 Å². The summed E-state index contributed by atoms with van der Waals surface area (Å²) in [7, 11) is 0. The Balaban J connectivity index is 1.72. The van der Waals surface area contributed by atoms with Gasteiger partial charge in [-0.2, -0.15) is 0 Å². The van der Waals surface area contributed by atoms with Crippen molar-refractivity contribution in [2.45, 2.75) is 16.3 Å². The minimum atomic E-state index is 0.443. The Morgan fingerprint density at radius 1 is 0.857 bits per heavy atom. The van der Waals surface area contributed by atoms with Gasteiger partial charge in [-0.25, -0.2) is 0 Å². The molecule has 21 heavy (non-hydrogen) atoms. The number of hydrazine groups is 1. The van der Waals surface area contributed by atoms with E-state index < -0.39 is 0 Å². The second kappa shape index (κ2) is 5.54. The molecule has 2 saturated heterocycles. The van der Waals surface area contributed by atoms with Gasteiger partial charge in [0.25, 0.3) is 0 Å². The van der Waals surface area contributed by atoms with E-state index in [1.165, 1.54) is 11.1 Å². The molecule has 0 N–H and O–H groups in total. The van der Waals surface area contributed by atoms with E-state index in [1.807, 2.05) is 0 Å². The van der Waals surface area contributed by atoms with Gasteiger partial charge in [-0.15, -0.1) is 0 Å². The first kappa shape index (κ1) is 13.5. The van der Waals surface area contributed by atoms with E-state index in [-0.39, 0.29) is 0 Å². The van der Waals surface area contributed by atoms with Crippen molar-refractivity contribution in [3.63, 3.8) is 0 Å². The van der Waals surface area contributed by atoms with Gasteiger partial charge in [0.05, 0.1) is 0 Å². The Morgan fingerprint density at radius 2 is 1.43 bits per heavy atom. The summed E-state index contributed by atoms with van der Waals surface area (Å²) in [5.74, 6) is 0. The Morgan fingerprint density at radius 3 is 2.05 bits per heavy atom. The van der Waals surface area contributed by atoms with Gasteiger partial charge in [0, 0.05) is 0 Å². The molecule has 2 aromatic rings. The van der Waals surface area contributed by atoms with Gasteiger partial charge in [-0.1, -0.05) is 0 Å². The molecule has 0 unspecified atom stereocenters. The van der Waals surface area contributed by atoms with E-state index in [4.69, 9.17) is 12.2 Å². The predicted molar refractivity (Wildman–Crippen MR) is 89.9 cm³/mol. The Labute approximate surface area is 136 Å². The molecule has 0 saturated carbocycles. The number of nitrogens with zero attached hydrogens (tertiary/aromatic N) is 2. The zero-order valence-electron chi connectivity index (χ0n) is 11.6. The van der Waals surface area contributed by atoms with Gasteiger partial charge in [0.2, 0.25) is 0 Å². The second-order valence-corrected chi connectivity index (χ2v) is 8.23. The third kappa shape index (κ3) is 2.33. The molecule has 0 bridgehead atoms. The van der Waals surface area contributed by atoms with Crippen LogP contribution < -0.4 is 0 Å². The molecule has 2 heterocycles. The second-order valence-electron chi connectivity index (χ2n) is 5.31. The summed E-state index contributed by atoms with van der Waals surface area (Å²) in [5.41, 5.74) is 2.82. The molecule has 4 heteroatoms. The number of hydrogen-bond acceptors (Lipinski definition) is 2. The normalized spacial score (nSPS) is 25.3. The predicted octanol–water partition coefficient (Wildman–Crippen LogP) is 3.35. The average Bonchev–Trinajstić information content (AvgIpc) is 3.10. The molecule has 2 aromatic carbocycles. The fraction of sp³-hybridized carbons (Fsp3) is 0.235. The van der Waals surface area contributed by atoms with Gasteiger partial charge in [-0.3, -0.25) is 0 Å². The van der Waals surface area contributed by atoms with Gasteiger partial charge in [0.15, 0.2) is 0 Å². The number of thiocarbonyl (C=S) groups is 1. The minimum absolute atomic E-state index is 0.443. The molecule has 0 spiro atoms. The van der Waals surface area contributed by atoms with Crippen molar-refractivity contribution in [3.8, 4) is 0 Å². The molecule has 106 valence electrons. The molecule has 4 rings (SSSR count). The molecule has 0 radical (unpaired) electrons. The summed E-state index contributed by atoms with van der Waals surface area (Å²) in [5, 5.41) is 4.89. The first-order valence-electron chi connectivity index (χ1n) is 7.18. The number of rotatable bonds is 2. The fourth-order valence-electron chi connectivity index (χ4n) is 3.03. The zero-order valence-corrected chi connectivity index (χ0v) is 14.1. The molecule has 0 aliphatic carbocycles. The summed E-state index contributed by atoms with van der Waals surface area (Å²) in [4.78, 5) is 2.05. The third-order valence-corrected chi connectivity index (χ3v) is 7.55. The van der Waals surface area contributed by atoms with Crippen molar-refractivity contribution < 1.29 is 0 Å². The first-order valence-corrected chi connectivity index (χ1v) is 9.57. The summed E-state index contributed by atoms with van der Waals surface area (Å²) < 4.78 is 0. The fourth-order valence-corrected chi connectivity index (χ4v) is 6.80. The van der Waals surface area contributed by atoms with Crippen molar-refractivity contribution in [1.82, 2.24) is 10.0 Å². The Bertz CT molecular complexity index is 646. The molecular weight excluding hydrogens is 343 g/mol. The average molecular weight is 359 g/mol. The summed E-state index contributed by atoms with van der Waals surface area (Å²) in [6, 6.07) is 21.7.